The van der Waals surface area contributed by atoms with Crippen molar-refractivity contribution in [3.05, 3.63) is 129 Å². The predicted molar refractivity (Wildman–Crippen MR) is 181 cm³/mol. The van der Waals surface area contributed by atoms with Crippen molar-refractivity contribution in [3.63, 3.8) is 0 Å². The Bertz CT molecular complexity index is 2340. The van der Waals surface area contributed by atoms with E-state index in [1.807, 2.05) is 0 Å². The van der Waals surface area contributed by atoms with Crippen molar-refractivity contribution < 1.29 is 44.7 Å². The van der Waals surface area contributed by atoms with E-state index in [-0.39, 0.29) is 52.9 Å². The Morgan fingerprint density at radius 3 is 2.33 bits per heavy atom. The number of alkyl halides is 6. The van der Waals surface area contributed by atoms with Crippen LogP contribution < -0.4 is 10.6 Å². The number of nitrogens with one attached hydrogen (secondary N) is 2. The van der Waals surface area contributed by atoms with Gasteiger partial charge >= 0.3 is 0 Å². The lowest BCUT2D eigenvalue weighted by Crippen LogP contribution is -2.37. The van der Waals surface area contributed by atoms with Crippen LogP contribution in [-0.4, -0.2) is 36.5 Å². The zero-order valence-electron chi connectivity index (χ0n) is 28.0. The minimum absolute atomic E-state index is 0. The molecule has 0 fully saturated rings. The van der Waals surface area contributed by atoms with E-state index in [4.69, 9.17) is 0 Å². The number of hydrogen-bond donors (Lipinski definition) is 2. The predicted octanol–water partition coefficient (Wildman–Crippen LogP) is 7.09. The van der Waals surface area contributed by atoms with Crippen LogP contribution in [0.3, 0.4) is 0 Å². The molecule has 2 aliphatic rings. The van der Waals surface area contributed by atoms with E-state index in [9.17, 15) is 35.9 Å². The fourth-order valence-corrected chi connectivity index (χ4v) is 6.53. The molecule has 7 rings (SSSR count). The molecule has 1 atom stereocenters. The summed E-state index contributed by atoms with van der Waals surface area (Å²) in [7, 11) is 0. The Balaban J connectivity index is 0.00000514. The number of benzene rings is 2. The smallest absolute Gasteiger partial charge is 0.290 e. The third-order valence-corrected chi connectivity index (χ3v) is 8.90. The molecule has 1 aliphatic carbocycles. The zero-order chi connectivity index (χ0) is 38.4. The molecule has 2 aromatic carbocycles. The van der Waals surface area contributed by atoms with Crippen molar-refractivity contribution in [1.82, 2.24) is 35.4 Å². The lowest BCUT2D eigenvalue weighted by atomic mass is 9.89. The Kier molecular flexibility index (Phi) is 10.7. The third kappa shape index (κ3) is 8.00. The van der Waals surface area contributed by atoms with Gasteiger partial charge in [0.25, 0.3) is 24.2 Å². The number of carbonyl (C=O) groups excluding carboxylic acids is 2. The van der Waals surface area contributed by atoms with Crippen LogP contribution in [0, 0.1) is 23.5 Å². The van der Waals surface area contributed by atoms with Crippen LogP contribution in [0.15, 0.2) is 67.3 Å². The second kappa shape index (κ2) is 15.1. The van der Waals surface area contributed by atoms with Gasteiger partial charge < -0.3 is 10.6 Å². The molecule has 0 bridgehead atoms. The van der Waals surface area contributed by atoms with Crippen LogP contribution in [0.5, 0.6) is 0 Å². The number of nitrogens with zero attached hydrogens (tertiary/aromatic N) is 5. The number of halogens is 9. The molecule has 1 aliphatic heterocycles. The first-order chi connectivity index (χ1) is 25.7. The van der Waals surface area contributed by atoms with E-state index in [1.165, 1.54) is 24.8 Å². The summed E-state index contributed by atoms with van der Waals surface area (Å²) >= 11 is 0. The third-order valence-electron chi connectivity index (χ3n) is 8.90. The van der Waals surface area contributed by atoms with Crippen LogP contribution in [0.2, 0.25) is 0 Å². The summed E-state index contributed by atoms with van der Waals surface area (Å²) in [4.78, 5) is 38.8. The quantitative estimate of drug-likeness (QED) is 0.128. The van der Waals surface area contributed by atoms with Crippen LogP contribution in [0.1, 0.15) is 80.7 Å². The number of carbonyl (C=O) groups is 2. The fraction of sp³-hybridized carbons (Fsp3) is 0.243. The number of amides is 2. The van der Waals surface area contributed by atoms with Crippen LogP contribution in [-0.2, 0) is 36.1 Å². The first-order valence-corrected chi connectivity index (χ1v) is 16.3. The van der Waals surface area contributed by atoms with Gasteiger partial charge in [0, 0.05) is 49.0 Å². The van der Waals surface area contributed by atoms with Gasteiger partial charge in [-0.15, -0.1) is 12.4 Å². The number of fused-ring (bicyclic) bond motifs is 2. The highest BCUT2D eigenvalue weighted by Gasteiger charge is 2.55. The van der Waals surface area contributed by atoms with Crippen molar-refractivity contribution in [2.75, 3.05) is 0 Å². The molecule has 0 unspecified atom stereocenters. The summed E-state index contributed by atoms with van der Waals surface area (Å²) in [5.74, 6) is -5.83. The van der Waals surface area contributed by atoms with Gasteiger partial charge in [-0.1, -0.05) is 18.1 Å². The fourth-order valence-electron chi connectivity index (χ4n) is 6.53. The largest absolute Gasteiger partial charge is 0.348 e. The van der Waals surface area contributed by atoms with Crippen LogP contribution >= 0.6 is 12.4 Å². The molecular weight excluding hydrogens is 762 g/mol. The normalized spacial score (nSPS) is 15.5. The topological polar surface area (TPSA) is 115 Å². The number of aromatic nitrogens is 5. The summed E-state index contributed by atoms with van der Waals surface area (Å²) in [5, 5.41) is 8.62. The highest BCUT2D eigenvalue weighted by Crippen LogP contribution is 2.52. The first-order valence-electron chi connectivity index (χ1n) is 16.3. The van der Waals surface area contributed by atoms with Gasteiger partial charge in [0.15, 0.2) is 0 Å². The number of hydrogen-bond acceptors (Lipinski definition) is 6. The van der Waals surface area contributed by atoms with E-state index in [0.717, 1.165) is 12.1 Å². The minimum atomic E-state index is -4.07. The summed E-state index contributed by atoms with van der Waals surface area (Å²) in [5.41, 5.74) is -2.31. The Morgan fingerprint density at radius 1 is 0.909 bits per heavy atom. The van der Waals surface area contributed by atoms with Gasteiger partial charge in [0.1, 0.15) is 41.6 Å². The zero-order valence-corrected chi connectivity index (χ0v) is 28.8. The number of pyridine rings is 1. The summed E-state index contributed by atoms with van der Waals surface area (Å²) in [6.45, 7) is -0.924. The second-order valence-electron chi connectivity index (χ2n) is 12.6. The molecule has 284 valence electrons. The first kappa shape index (κ1) is 38.8. The van der Waals surface area contributed by atoms with Gasteiger partial charge in [-0.25, -0.2) is 41.3 Å². The Morgan fingerprint density at radius 2 is 1.62 bits per heavy atom. The average Bonchev–Trinajstić information content (AvgIpc) is 3.71. The average molecular weight is 788 g/mol. The highest BCUT2D eigenvalue weighted by molar-refractivity contribution is 5.99. The molecule has 3 aromatic heterocycles. The molecular formula is C37H26ClF8N7O2. The molecule has 0 spiro atoms. The minimum Gasteiger partial charge on any atom is -0.348 e. The van der Waals surface area contributed by atoms with E-state index in [0.29, 0.717) is 33.9 Å². The molecule has 2 N–H and O–H groups in total. The van der Waals surface area contributed by atoms with Crippen LogP contribution in [0.25, 0.3) is 11.1 Å². The lowest BCUT2D eigenvalue weighted by molar-refractivity contribution is -0.123. The molecule has 4 heterocycles. The van der Waals surface area contributed by atoms with Gasteiger partial charge in [0.05, 0.1) is 22.9 Å². The summed E-state index contributed by atoms with van der Waals surface area (Å²) in [6, 6.07) is 9.32. The molecule has 9 nitrogen and oxygen atoms in total. The standard InChI is InChI=1S/C37H25F8N7O2.ClH/c38-23-9-20(10-24(39)13-23)11-28(50-29(53)17-52-33-30(32(51-52)34(40)41)36(42,43)7-8-37(33,44)45)31-26(21-2-3-22-16-48-35(54)27(22)12-21)6-5-25(49-31)4-1-19-14-46-18-47-15-19;/h2-3,5-6,9-10,12-15,18,28,34H,7-8,11,16-17H2,(H,48,54)(H,50,53);1H/t28-;/m0./s1. The van der Waals surface area contributed by atoms with Crippen molar-refractivity contribution >= 4 is 24.2 Å². The molecule has 0 saturated heterocycles. The van der Waals surface area contributed by atoms with Gasteiger partial charge in [-0.05, 0) is 59.4 Å². The summed E-state index contributed by atoms with van der Waals surface area (Å²) in [6.07, 6.45) is -2.64. The SMILES string of the molecule is Cl.O=C(Cn1nc(C(F)F)c2c1C(F)(F)CCC2(F)F)N[C@@H](Cc1cc(F)cc(F)c1)c1nc(C#Cc2cncnc2)ccc1-c1ccc2c(c1)C(=O)NC2. The van der Waals surface area contributed by atoms with Crippen molar-refractivity contribution in [3.8, 4) is 23.0 Å². The Hall–Kier alpha value is -5.89. The molecule has 55 heavy (non-hydrogen) atoms. The maximum atomic E-state index is 15.1. The monoisotopic (exact) mass is 787 g/mol. The van der Waals surface area contributed by atoms with E-state index < -0.39 is 78.2 Å². The molecule has 0 saturated carbocycles. The van der Waals surface area contributed by atoms with E-state index in [2.05, 4.69) is 42.5 Å². The van der Waals surface area contributed by atoms with Gasteiger partial charge in [-0.2, -0.15) is 13.9 Å². The van der Waals surface area contributed by atoms with Crippen molar-refractivity contribution in [2.45, 2.75) is 56.7 Å². The van der Waals surface area contributed by atoms with E-state index >= 15 is 8.78 Å². The lowest BCUT2D eigenvalue weighted by Gasteiger charge is -2.29. The van der Waals surface area contributed by atoms with Gasteiger partial charge in [0.2, 0.25) is 5.91 Å². The Labute approximate surface area is 313 Å². The second-order valence-corrected chi connectivity index (χ2v) is 12.6. The van der Waals surface area contributed by atoms with Gasteiger partial charge in [-0.3, -0.25) is 14.3 Å². The molecule has 18 heteroatoms. The molecule has 0 radical (unpaired) electrons. The highest BCUT2D eigenvalue weighted by atomic mass is 35.5. The van der Waals surface area contributed by atoms with Crippen LogP contribution in [0.4, 0.5) is 35.1 Å². The maximum Gasteiger partial charge on any atom is 0.290 e. The van der Waals surface area contributed by atoms with E-state index in [1.54, 1.807) is 24.3 Å². The molecule has 5 aromatic rings. The summed E-state index contributed by atoms with van der Waals surface area (Å²) < 4.78 is 117. The number of rotatable bonds is 8. The molecule has 2 amide bonds. The maximum absolute atomic E-state index is 15.1. The van der Waals surface area contributed by atoms with Crippen molar-refractivity contribution in [2.24, 2.45) is 0 Å². The van der Waals surface area contributed by atoms with Crippen molar-refractivity contribution in [1.29, 1.82) is 0 Å².